The van der Waals surface area contributed by atoms with Crippen molar-refractivity contribution in [2.45, 2.75) is 56.9 Å². The van der Waals surface area contributed by atoms with Crippen molar-refractivity contribution in [1.82, 2.24) is 19.7 Å². The highest BCUT2D eigenvalue weighted by molar-refractivity contribution is 7.89. The van der Waals surface area contributed by atoms with Crippen LogP contribution in [-0.4, -0.2) is 57.1 Å². The monoisotopic (exact) mass is 622 g/mol. The average molecular weight is 623 g/mol. The Hall–Kier alpha value is -4.03. The second-order valence-electron chi connectivity index (χ2n) is 10.8. The summed E-state index contributed by atoms with van der Waals surface area (Å²) in [5, 5.41) is 11.3. The summed E-state index contributed by atoms with van der Waals surface area (Å²) in [6, 6.07) is 17.5. The maximum absolute atomic E-state index is 13.6. The van der Waals surface area contributed by atoms with E-state index < -0.39 is 10.0 Å². The molecule has 1 aromatic heterocycles. The van der Waals surface area contributed by atoms with Crippen LogP contribution in [0.5, 0.6) is 0 Å². The summed E-state index contributed by atoms with van der Waals surface area (Å²) in [6.07, 6.45) is 5.46. The Balaban J connectivity index is 1.23. The maximum atomic E-state index is 13.6. The summed E-state index contributed by atoms with van der Waals surface area (Å²) in [7, 11) is 0.256. The lowest BCUT2D eigenvalue weighted by Gasteiger charge is -2.17. The minimum Gasteiger partial charge on any atom is -0.377 e. The number of fused-ring (bicyclic) bond motifs is 1. The first-order valence-corrected chi connectivity index (χ1v) is 16.7. The Morgan fingerprint density at radius 1 is 0.727 bits per heavy atom. The molecule has 0 aliphatic rings. The Kier molecular flexibility index (Phi) is 12.1. The van der Waals surface area contributed by atoms with E-state index in [1.54, 1.807) is 18.2 Å². The van der Waals surface area contributed by atoms with Crippen LogP contribution in [-0.2, 0) is 16.6 Å². The largest absolute Gasteiger partial charge is 0.377 e. The van der Waals surface area contributed by atoms with Gasteiger partial charge in [0.1, 0.15) is 5.82 Å². The van der Waals surface area contributed by atoms with E-state index >= 15 is 0 Å². The highest BCUT2D eigenvalue weighted by Gasteiger charge is 2.18. The van der Waals surface area contributed by atoms with Crippen LogP contribution in [0, 0.1) is 5.82 Å². The van der Waals surface area contributed by atoms with E-state index in [1.807, 2.05) is 49.3 Å². The van der Waals surface area contributed by atoms with Gasteiger partial charge >= 0.3 is 0 Å². The Labute approximate surface area is 260 Å². The quantitative estimate of drug-likeness (QED) is 0.0989. The summed E-state index contributed by atoms with van der Waals surface area (Å²) in [6.45, 7) is 4.30. The molecule has 10 nitrogen and oxygen atoms in total. The number of unbranched alkanes of at least 4 members (excludes halogenated alkanes) is 4. The molecule has 44 heavy (non-hydrogen) atoms. The second kappa shape index (κ2) is 16.2. The van der Waals surface area contributed by atoms with Gasteiger partial charge in [-0.15, -0.1) is 0 Å². The number of sulfonamides is 1. The molecular formula is C32H43FN8O2S. The number of aromatic nitrogens is 3. The maximum Gasteiger partial charge on any atom is 0.241 e. The van der Waals surface area contributed by atoms with Crippen LogP contribution in [0.4, 0.5) is 27.9 Å². The first-order chi connectivity index (χ1) is 21.3. The number of hydrogen-bond acceptors (Lipinski definition) is 9. The fourth-order valence-electron chi connectivity index (χ4n) is 4.80. The molecule has 12 heteroatoms. The van der Waals surface area contributed by atoms with Crippen LogP contribution in [0.15, 0.2) is 65.6 Å². The highest BCUT2D eigenvalue weighted by Crippen LogP contribution is 2.30. The van der Waals surface area contributed by atoms with Crippen LogP contribution in [0.1, 0.15) is 51.0 Å². The molecule has 4 aromatic rings. The van der Waals surface area contributed by atoms with Crippen molar-refractivity contribution >= 4 is 44.3 Å². The van der Waals surface area contributed by atoms with E-state index in [4.69, 9.17) is 0 Å². The van der Waals surface area contributed by atoms with Gasteiger partial charge in [0.15, 0.2) is 0 Å². The van der Waals surface area contributed by atoms with E-state index in [1.165, 1.54) is 12.1 Å². The molecule has 0 saturated carbocycles. The molecule has 4 rings (SSSR count). The first kappa shape index (κ1) is 32.9. The standard InChI is InChI=1S/C32H43FN8O2S/c1-4-5-19-34-30-38-31(40-32(39-30)36-23-24-13-10-14-25(33)22-24)35-20-8-6-7-9-21-37-44(42,43)29-18-12-15-26-27(29)16-11-17-28(26)41(2)3/h10-18,22,37H,4-9,19-21,23H2,1-3H3,(H3,34,35,36,38,39,40). The molecule has 1 heterocycles. The molecule has 3 aromatic carbocycles. The van der Waals surface area contributed by atoms with Crippen molar-refractivity contribution in [3.8, 4) is 0 Å². The van der Waals surface area contributed by atoms with Crippen LogP contribution in [0.3, 0.4) is 0 Å². The highest BCUT2D eigenvalue weighted by atomic mass is 32.2. The first-order valence-electron chi connectivity index (χ1n) is 15.2. The molecule has 236 valence electrons. The Morgan fingerprint density at radius 2 is 1.34 bits per heavy atom. The normalized spacial score (nSPS) is 11.5. The summed E-state index contributed by atoms with van der Waals surface area (Å²) < 4.78 is 42.6. The van der Waals surface area contributed by atoms with E-state index in [9.17, 15) is 12.8 Å². The zero-order chi connectivity index (χ0) is 31.4. The lowest BCUT2D eigenvalue weighted by Crippen LogP contribution is -2.25. The zero-order valence-electron chi connectivity index (χ0n) is 25.7. The van der Waals surface area contributed by atoms with Crippen molar-refractivity contribution in [2.24, 2.45) is 0 Å². The molecule has 0 fully saturated rings. The Bertz CT molecular complexity index is 1620. The van der Waals surface area contributed by atoms with Crippen molar-refractivity contribution in [1.29, 1.82) is 0 Å². The van der Waals surface area contributed by atoms with Gasteiger partial charge in [0.2, 0.25) is 27.9 Å². The molecule has 0 saturated heterocycles. The molecule has 4 N–H and O–H groups in total. The van der Waals surface area contributed by atoms with E-state index in [2.05, 4.69) is 42.5 Å². The van der Waals surface area contributed by atoms with Crippen LogP contribution >= 0.6 is 0 Å². The van der Waals surface area contributed by atoms with Gasteiger partial charge in [-0.2, -0.15) is 15.0 Å². The molecule has 0 amide bonds. The molecule has 0 radical (unpaired) electrons. The third-order valence-electron chi connectivity index (χ3n) is 7.10. The molecule has 0 aliphatic carbocycles. The van der Waals surface area contributed by atoms with E-state index in [-0.39, 0.29) is 5.82 Å². The second-order valence-corrected chi connectivity index (χ2v) is 12.6. The minimum absolute atomic E-state index is 0.287. The lowest BCUT2D eigenvalue weighted by atomic mass is 10.1. The molecule has 0 bridgehead atoms. The summed E-state index contributed by atoms with van der Waals surface area (Å²) >= 11 is 0. The molecular weight excluding hydrogens is 579 g/mol. The summed E-state index contributed by atoms with van der Waals surface area (Å²) in [4.78, 5) is 15.7. The fourth-order valence-corrected chi connectivity index (χ4v) is 6.09. The van der Waals surface area contributed by atoms with E-state index in [0.717, 1.165) is 61.7 Å². The number of anilines is 4. The molecule has 0 aliphatic heterocycles. The summed E-state index contributed by atoms with van der Waals surface area (Å²) in [5.74, 6) is 1.06. The summed E-state index contributed by atoms with van der Waals surface area (Å²) in [5.41, 5.74) is 1.77. The number of hydrogen-bond donors (Lipinski definition) is 4. The van der Waals surface area contributed by atoms with Gasteiger partial charge in [-0.3, -0.25) is 0 Å². The predicted molar refractivity (Wildman–Crippen MR) is 177 cm³/mol. The van der Waals surface area contributed by atoms with Gasteiger partial charge in [0.25, 0.3) is 0 Å². The lowest BCUT2D eigenvalue weighted by molar-refractivity contribution is 0.573. The number of nitrogens with one attached hydrogen (secondary N) is 4. The molecule has 0 unspecified atom stereocenters. The van der Waals surface area contributed by atoms with Gasteiger partial charge < -0.3 is 20.9 Å². The zero-order valence-corrected chi connectivity index (χ0v) is 26.6. The fraction of sp³-hybridized carbons (Fsp3) is 0.406. The SMILES string of the molecule is CCCCNc1nc(NCCCCCCNS(=O)(=O)c2cccc3c(N(C)C)cccc23)nc(NCc2cccc(F)c2)n1. The van der Waals surface area contributed by atoms with Gasteiger partial charge in [-0.05, 0) is 49.1 Å². The van der Waals surface area contributed by atoms with Crippen molar-refractivity contribution < 1.29 is 12.8 Å². The molecule has 0 spiro atoms. The average Bonchev–Trinajstić information content (AvgIpc) is 3.00. The van der Waals surface area contributed by atoms with Gasteiger partial charge in [-0.1, -0.05) is 62.6 Å². The minimum atomic E-state index is -3.64. The topological polar surface area (TPSA) is 124 Å². The number of nitrogens with zero attached hydrogens (tertiary/aromatic N) is 4. The van der Waals surface area contributed by atoms with Crippen molar-refractivity contribution in [3.63, 3.8) is 0 Å². The number of halogens is 1. The van der Waals surface area contributed by atoms with Gasteiger partial charge in [-0.25, -0.2) is 17.5 Å². The van der Waals surface area contributed by atoms with Crippen LogP contribution < -0.4 is 25.6 Å². The number of benzene rings is 3. The third-order valence-corrected chi connectivity index (χ3v) is 8.62. The van der Waals surface area contributed by atoms with Crippen LogP contribution in [0.2, 0.25) is 0 Å². The van der Waals surface area contributed by atoms with Gasteiger partial charge in [0.05, 0.1) is 4.90 Å². The third kappa shape index (κ3) is 9.48. The predicted octanol–water partition coefficient (Wildman–Crippen LogP) is 6.00. The van der Waals surface area contributed by atoms with Gasteiger partial charge in [0, 0.05) is 56.7 Å². The van der Waals surface area contributed by atoms with E-state index in [0.29, 0.717) is 47.8 Å². The van der Waals surface area contributed by atoms with Crippen molar-refractivity contribution in [2.75, 3.05) is 54.6 Å². The van der Waals surface area contributed by atoms with Crippen LogP contribution in [0.25, 0.3) is 10.8 Å². The Morgan fingerprint density at radius 3 is 2.02 bits per heavy atom. The van der Waals surface area contributed by atoms with Crippen molar-refractivity contribution in [3.05, 3.63) is 72.0 Å². The molecule has 0 atom stereocenters. The number of rotatable bonds is 18. The smallest absolute Gasteiger partial charge is 0.241 e.